The molecule has 0 aromatic heterocycles. The van der Waals surface area contributed by atoms with E-state index in [4.69, 9.17) is 11.0 Å². The number of hydrogen-bond donors (Lipinski definition) is 3. The van der Waals surface area contributed by atoms with Crippen LogP contribution in [0, 0.1) is 11.3 Å². The molecule has 21 heavy (non-hydrogen) atoms. The predicted octanol–water partition coefficient (Wildman–Crippen LogP) is 3.02. The van der Waals surface area contributed by atoms with E-state index < -0.39 is 0 Å². The van der Waals surface area contributed by atoms with Crippen LogP contribution < -0.4 is 16.4 Å². The molecule has 2 aromatic carbocycles. The number of hydrogen-bond acceptors (Lipinski definition) is 3. The van der Waals surface area contributed by atoms with Crippen molar-refractivity contribution in [3.8, 4) is 6.07 Å². The number of nitriles is 1. The number of amides is 2. The summed E-state index contributed by atoms with van der Waals surface area (Å²) in [6, 6.07) is 15.6. The maximum atomic E-state index is 11.9. The minimum Gasteiger partial charge on any atom is -0.399 e. The highest BCUT2D eigenvalue weighted by Crippen LogP contribution is 2.15. The average molecular weight is 280 g/mol. The van der Waals surface area contributed by atoms with Crippen molar-refractivity contribution in [1.29, 1.82) is 5.26 Å². The first kappa shape index (κ1) is 14.4. The molecular weight excluding hydrogens is 264 g/mol. The van der Waals surface area contributed by atoms with Gasteiger partial charge in [-0.3, -0.25) is 0 Å². The van der Waals surface area contributed by atoms with Gasteiger partial charge in [-0.05, 0) is 42.8 Å². The Kier molecular flexibility index (Phi) is 4.42. The number of nitrogens with one attached hydrogen (secondary N) is 2. The molecule has 2 rings (SSSR count). The van der Waals surface area contributed by atoms with Crippen molar-refractivity contribution < 1.29 is 4.79 Å². The molecule has 5 nitrogen and oxygen atoms in total. The number of nitrogen functional groups attached to an aromatic ring is 1. The molecule has 1 atom stereocenters. The molecule has 0 aliphatic carbocycles. The number of carbonyl (C=O) groups excluding carboxylic acids is 1. The Morgan fingerprint density at radius 3 is 2.62 bits per heavy atom. The molecule has 2 amide bonds. The Balaban J connectivity index is 1.98. The van der Waals surface area contributed by atoms with E-state index in [1.54, 1.807) is 36.4 Å². The zero-order chi connectivity index (χ0) is 15.2. The highest BCUT2D eigenvalue weighted by Gasteiger charge is 2.09. The summed E-state index contributed by atoms with van der Waals surface area (Å²) in [6.45, 7) is 1.89. The highest BCUT2D eigenvalue weighted by molar-refractivity contribution is 5.89. The van der Waals surface area contributed by atoms with Gasteiger partial charge >= 0.3 is 6.03 Å². The second-order valence-electron chi connectivity index (χ2n) is 4.68. The fourth-order valence-corrected chi connectivity index (χ4v) is 1.90. The summed E-state index contributed by atoms with van der Waals surface area (Å²) < 4.78 is 0. The van der Waals surface area contributed by atoms with Crippen LogP contribution in [0.2, 0.25) is 0 Å². The summed E-state index contributed by atoms with van der Waals surface area (Å²) in [5, 5.41) is 14.4. The van der Waals surface area contributed by atoms with E-state index in [9.17, 15) is 4.79 Å². The van der Waals surface area contributed by atoms with Gasteiger partial charge in [-0.2, -0.15) is 5.26 Å². The third-order valence-electron chi connectivity index (χ3n) is 3.03. The van der Waals surface area contributed by atoms with Crippen molar-refractivity contribution in [3.05, 3.63) is 59.7 Å². The molecule has 0 aliphatic heterocycles. The van der Waals surface area contributed by atoms with Crippen LogP contribution in [0.1, 0.15) is 24.1 Å². The third kappa shape index (κ3) is 3.98. The number of anilines is 2. The Morgan fingerprint density at radius 2 is 1.95 bits per heavy atom. The van der Waals surface area contributed by atoms with Gasteiger partial charge in [-0.25, -0.2) is 4.79 Å². The van der Waals surface area contributed by atoms with E-state index in [0.717, 1.165) is 5.56 Å². The third-order valence-corrected chi connectivity index (χ3v) is 3.03. The Labute approximate surface area is 123 Å². The molecule has 0 saturated heterocycles. The van der Waals surface area contributed by atoms with E-state index in [1.165, 1.54) is 0 Å². The molecule has 5 heteroatoms. The first-order valence-electron chi connectivity index (χ1n) is 6.51. The fraction of sp³-hybridized carbons (Fsp3) is 0.125. The SMILES string of the molecule is CC(NC(=O)Nc1cccc(C#N)c1)c1ccc(N)cc1. The summed E-state index contributed by atoms with van der Waals surface area (Å²) in [4.78, 5) is 11.9. The minimum atomic E-state index is -0.325. The van der Waals surface area contributed by atoms with Crippen molar-refractivity contribution in [3.63, 3.8) is 0 Å². The number of urea groups is 1. The van der Waals surface area contributed by atoms with Crippen LogP contribution in [0.3, 0.4) is 0 Å². The van der Waals surface area contributed by atoms with Crippen molar-refractivity contribution in [2.45, 2.75) is 13.0 Å². The largest absolute Gasteiger partial charge is 0.399 e. The van der Waals surface area contributed by atoms with Crippen molar-refractivity contribution in [2.24, 2.45) is 0 Å². The standard InChI is InChI=1S/C16H16N4O/c1-11(13-5-7-14(18)8-6-13)19-16(21)20-15-4-2-3-12(9-15)10-17/h2-9,11H,18H2,1H3,(H2,19,20,21). The van der Waals surface area contributed by atoms with Gasteiger partial charge in [0.1, 0.15) is 0 Å². The smallest absolute Gasteiger partial charge is 0.319 e. The molecule has 0 heterocycles. The molecule has 2 aromatic rings. The second kappa shape index (κ2) is 6.44. The second-order valence-corrected chi connectivity index (χ2v) is 4.68. The first-order chi connectivity index (χ1) is 10.1. The lowest BCUT2D eigenvalue weighted by atomic mass is 10.1. The van der Waals surface area contributed by atoms with Gasteiger partial charge in [0, 0.05) is 11.4 Å². The number of rotatable bonds is 3. The first-order valence-corrected chi connectivity index (χ1v) is 6.51. The molecule has 4 N–H and O–H groups in total. The van der Waals surface area contributed by atoms with E-state index in [0.29, 0.717) is 16.9 Å². The lowest BCUT2D eigenvalue weighted by Crippen LogP contribution is -2.31. The lowest BCUT2D eigenvalue weighted by molar-refractivity contribution is 0.249. The van der Waals surface area contributed by atoms with E-state index in [1.807, 2.05) is 25.1 Å². The minimum absolute atomic E-state index is 0.148. The van der Waals surface area contributed by atoms with Crippen LogP contribution in [0.25, 0.3) is 0 Å². The van der Waals surface area contributed by atoms with Crippen molar-refractivity contribution >= 4 is 17.4 Å². The van der Waals surface area contributed by atoms with Crippen molar-refractivity contribution in [2.75, 3.05) is 11.1 Å². The molecule has 0 spiro atoms. The zero-order valence-corrected chi connectivity index (χ0v) is 11.6. The van der Waals surface area contributed by atoms with Crippen LogP contribution in [0.15, 0.2) is 48.5 Å². The molecule has 0 saturated carbocycles. The van der Waals surface area contributed by atoms with Gasteiger partial charge < -0.3 is 16.4 Å². The maximum Gasteiger partial charge on any atom is 0.319 e. The van der Waals surface area contributed by atoms with Gasteiger partial charge in [0.25, 0.3) is 0 Å². The zero-order valence-electron chi connectivity index (χ0n) is 11.6. The van der Waals surface area contributed by atoms with E-state index in [-0.39, 0.29) is 12.1 Å². The van der Waals surface area contributed by atoms with E-state index in [2.05, 4.69) is 10.6 Å². The lowest BCUT2D eigenvalue weighted by Gasteiger charge is -2.15. The molecule has 0 radical (unpaired) electrons. The van der Waals surface area contributed by atoms with Crippen molar-refractivity contribution in [1.82, 2.24) is 5.32 Å². The average Bonchev–Trinajstić information content (AvgIpc) is 2.47. The normalized spacial score (nSPS) is 11.2. The van der Waals surface area contributed by atoms with Crippen LogP contribution in [0.4, 0.5) is 16.2 Å². The summed E-state index contributed by atoms with van der Waals surface area (Å²) in [5.74, 6) is 0. The molecule has 0 aliphatic rings. The summed E-state index contributed by atoms with van der Waals surface area (Å²) in [5.41, 5.74) is 8.36. The van der Waals surface area contributed by atoms with E-state index >= 15 is 0 Å². The molecule has 0 fully saturated rings. The van der Waals surface area contributed by atoms with Crippen LogP contribution in [-0.4, -0.2) is 6.03 Å². The molecule has 1 unspecified atom stereocenters. The van der Waals surface area contributed by atoms with Crippen LogP contribution in [0.5, 0.6) is 0 Å². The Bertz CT molecular complexity index is 673. The number of nitrogens with two attached hydrogens (primary N) is 1. The van der Waals surface area contributed by atoms with Gasteiger partial charge in [-0.1, -0.05) is 18.2 Å². The molecule has 0 bridgehead atoms. The topological polar surface area (TPSA) is 90.9 Å². The molecular formula is C16H16N4O. The quantitative estimate of drug-likeness (QED) is 0.755. The summed E-state index contributed by atoms with van der Waals surface area (Å²) >= 11 is 0. The predicted molar refractivity (Wildman–Crippen MR) is 82.6 cm³/mol. The summed E-state index contributed by atoms with van der Waals surface area (Å²) in [7, 11) is 0. The molecule has 106 valence electrons. The van der Waals surface area contributed by atoms with Gasteiger partial charge in [0.2, 0.25) is 0 Å². The van der Waals surface area contributed by atoms with Gasteiger partial charge in [0.15, 0.2) is 0 Å². The number of benzene rings is 2. The maximum absolute atomic E-state index is 11.9. The Morgan fingerprint density at radius 1 is 1.24 bits per heavy atom. The monoisotopic (exact) mass is 280 g/mol. The number of nitrogens with zero attached hydrogens (tertiary/aromatic N) is 1. The fourth-order valence-electron chi connectivity index (χ4n) is 1.90. The van der Waals surface area contributed by atoms with Gasteiger partial charge in [0.05, 0.1) is 17.7 Å². The highest BCUT2D eigenvalue weighted by atomic mass is 16.2. The number of carbonyl (C=O) groups is 1. The van der Waals surface area contributed by atoms with Crippen LogP contribution >= 0.6 is 0 Å². The summed E-state index contributed by atoms with van der Waals surface area (Å²) in [6.07, 6.45) is 0. The van der Waals surface area contributed by atoms with Gasteiger partial charge in [-0.15, -0.1) is 0 Å². The van der Waals surface area contributed by atoms with Crippen LogP contribution in [-0.2, 0) is 0 Å². The Hall–Kier alpha value is -3.00.